The number of halogens is 2. The maximum absolute atomic E-state index is 11.9. The van der Waals surface area contributed by atoms with Crippen LogP contribution in [0.2, 0.25) is 8.67 Å². The molecule has 1 N–H and O–H groups in total. The Morgan fingerprint density at radius 3 is 2.81 bits per heavy atom. The summed E-state index contributed by atoms with van der Waals surface area (Å²) < 4.78 is 6.18. The first-order valence-electron chi connectivity index (χ1n) is 6.94. The zero-order chi connectivity index (χ0) is 18.7. The highest BCUT2D eigenvalue weighted by Crippen LogP contribution is 2.37. The van der Waals surface area contributed by atoms with E-state index in [9.17, 15) is 14.9 Å². The van der Waals surface area contributed by atoms with Crippen molar-refractivity contribution >= 4 is 58.2 Å². The Labute approximate surface area is 160 Å². The van der Waals surface area contributed by atoms with Crippen molar-refractivity contribution in [3.05, 3.63) is 60.8 Å². The highest BCUT2D eigenvalue weighted by molar-refractivity contribution is 7.20. The van der Waals surface area contributed by atoms with Gasteiger partial charge in [0.2, 0.25) is 0 Å². The highest BCUT2D eigenvalue weighted by Gasteiger charge is 2.16. The van der Waals surface area contributed by atoms with Crippen molar-refractivity contribution in [3.63, 3.8) is 0 Å². The lowest BCUT2D eigenvalue weighted by molar-refractivity contribution is -0.384. The Kier molecular flexibility index (Phi) is 5.31. The first-order valence-corrected chi connectivity index (χ1v) is 8.52. The van der Waals surface area contributed by atoms with Crippen molar-refractivity contribution in [1.29, 1.82) is 0 Å². The average molecular weight is 411 g/mol. The first-order chi connectivity index (χ1) is 12.4. The van der Waals surface area contributed by atoms with Crippen molar-refractivity contribution < 1.29 is 14.1 Å². The minimum absolute atomic E-state index is 0.0691. The van der Waals surface area contributed by atoms with E-state index < -0.39 is 10.8 Å². The summed E-state index contributed by atoms with van der Waals surface area (Å²) in [5, 5.41) is 20.6. The maximum atomic E-state index is 11.9. The van der Waals surface area contributed by atoms with Crippen molar-refractivity contribution in [2.45, 2.75) is 0 Å². The minimum Gasteiger partial charge on any atom is -0.403 e. The summed E-state index contributed by atoms with van der Waals surface area (Å²) in [6, 6.07) is 7.32. The molecule has 0 saturated carbocycles. The molecular weight excluding hydrogens is 403 g/mol. The van der Waals surface area contributed by atoms with E-state index >= 15 is 0 Å². The zero-order valence-corrected chi connectivity index (χ0v) is 15.0. The summed E-state index contributed by atoms with van der Waals surface area (Å²) in [5.41, 5.74) is 0.905. The summed E-state index contributed by atoms with van der Waals surface area (Å²) in [6.45, 7) is 0. The number of benzene rings is 1. The molecule has 0 unspecified atom stereocenters. The Morgan fingerprint density at radius 2 is 2.12 bits per heavy atom. The average Bonchev–Trinajstić information content (AvgIpc) is 3.19. The van der Waals surface area contributed by atoms with E-state index in [1.807, 2.05) is 0 Å². The van der Waals surface area contributed by atoms with Crippen molar-refractivity contribution in [2.24, 2.45) is 0 Å². The van der Waals surface area contributed by atoms with Gasteiger partial charge in [-0.3, -0.25) is 20.2 Å². The number of nitrogens with one attached hydrogen (secondary N) is 1. The summed E-state index contributed by atoms with van der Waals surface area (Å²) >= 11 is 13.0. The molecule has 0 aliphatic heterocycles. The molecule has 11 heteroatoms. The molecule has 26 heavy (non-hydrogen) atoms. The van der Waals surface area contributed by atoms with E-state index in [-0.39, 0.29) is 17.6 Å². The summed E-state index contributed by atoms with van der Waals surface area (Å²) in [4.78, 5) is 22.1. The molecule has 2 aromatic heterocycles. The number of amides is 1. The van der Waals surface area contributed by atoms with Crippen LogP contribution < -0.4 is 5.32 Å². The largest absolute Gasteiger partial charge is 0.403 e. The molecule has 0 aliphatic carbocycles. The predicted octanol–water partition coefficient (Wildman–Crippen LogP) is 4.67. The van der Waals surface area contributed by atoms with Gasteiger partial charge in [-0.1, -0.05) is 40.4 Å². The van der Waals surface area contributed by atoms with E-state index in [1.54, 1.807) is 12.1 Å². The summed E-state index contributed by atoms with van der Waals surface area (Å²) in [5.74, 6) is -0.419. The molecule has 0 atom stereocenters. The lowest BCUT2D eigenvalue weighted by atomic mass is 10.2. The van der Waals surface area contributed by atoms with Gasteiger partial charge in [0.15, 0.2) is 0 Å². The fourth-order valence-electron chi connectivity index (χ4n) is 1.93. The third kappa shape index (κ3) is 4.26. The number of nitrogens with zero attached hydrogens (tertiary/aromatic N) is 3. The molecule has 0 bridgehead atoms. The molecule has 0 radical (unpaired) electrons. The van der Waals surface area contributed by atoms with Crippen molar-refractivity contribution in [3.8, 4) is 11.5 Å². The molecule has 8 nitrogen and oxygen atoms in total. The van der Waals surface area contributed by atoms with Crippen LogP contribution in [-0.2, 0) is 4.79 Å². The topological polar surface area (TPSA) is 111 Å². The van der Waals surface area contributed by atoms with Crippen LogP contribution in [0.4, 0.5) is 11.7 Å². The van der Waals surface area contributed by atoms with Crippen LogP contribution >= 0.6 is 34.5 Å². The molecule has 0 saturated heterocycles. The Morgan fingerprint density at radius 1 is 1.31 bits per heavy atom. The molecule has 3 rings (SSSR count). The quantitative estimate of drug-likeness (QED) is 0.371. The standard InChI is InChI=1S/C15H8Cl2N4O4S/c16-11-7-10(13(17)26-11)14-19-20-15(25-14)18-12(22)5-4-8-2-1-3-9(6-8)21(23)24/h1-7H,(H,18,20,22)/b5-4+. The third-order valence-corrected chi connectivity index (χ3v) is 4.54. The van der Waals surface area contributed by atoms with Gasteiger partial charge in [0, 0.05) is 18.2 Å². The number of carbonyl (C=O) groups is 1. The number of nitro benzene ring substituents is 1. The van der Waals surface area contributed by atoms with E-state index in [0.717, 1.165) is 11.3 Å². The number of hydrogen-bond acceptors (Lipinski definition) is 7. The zero-order valence-electron chi connectivity index (χ0n) is 12.7. The number of aromatic nitrogens is 2. The van der Waals surface area contributed by atoms with Gasteiger partial charge in [-0.25, -0.2) is 0 Å². The van der Waals surface area contributed by atoms with Gasteiger partial charge in [-0.05, 0) is 17.7 Å². The lowest BCUT2D eigenvalue weighted by Gasteiger charge is -1.96. The van der Waals surface area contributed by atoms with Gasteiger partial charge < -0.3 is 4.42 Å². The summed E-state index contributed by atoms with van der Waals surface area (Å²) in [7, 11) is 0. The van der Waals surface area contributed by atoms with Crippen LogP contribution in [0, 0.1) is 10.1 Å². The number of nitro groups is 1. The number of rotatable bonds is 5. The first kappa shape index (κ1) is 18.1. The van der Waals surface area contributed by atoms with Crippen LogP contribution in [0.15, 0.2) is 40.8 Å². The van der Waals surface area contributed by atoms with Crippen molar-refractivity contribution in [2.75, 3.05) is 5.32 Å². The van der Waals surface area contributed by atoms with Gasteiger partial charge in [0.05, 0.1) is 14.8 Å². The van der Waals surface area contributed by atoms with Crippen LogP contribution in [0.3, 0.4) is 0 Å². The monoisotopic (exact) mass is 410 g/mol. The van der Waals surface area contributed by atoms with E-state index in [2.05, 4.69) is 15.5 Å². The second-order valence-corrected chi connectivity index (χ2v) is 7.11. The second kappa shape index (κ2) is 7.65. The maximum Gasteiger partial charge on any atom is 0.322 e. The van der Waals surface area contributed by atoms with Crippen LogP contribution in [0.1, 0.15) is 5.56 Å². The van der Waals surface area contributed by atoms with Crippen LogP contribution in [-0.4, -0.2) is 21.0 Å². The van der Waals surface area contributed by atoms with Crippen molar-refractivity contribution in [1.82, 2.24) is 10.2 Å². The fourth-order valence-corrected chi connectivity index (χ4v) is 3.38. The van der Waals surface area contributed by atoms with Gasteiger partial charge in [0.25, 0.3) is 17.5 Å². The number of non-ortho nitro benzene ring substituents is 1. The number of carbonyl (C=O) groups excluding carboxylic acids is 1. The molecule has 1 amide bonds. The van der Waals surface area contributed by atoms with Crippen LogP contribution in [0.5, 0.6) is 0 Å². The molecule has 0 fully saturated rings. The SMILES string of the molecule is O=C(/C=C/c1cccc([N+](=O)[O-])c1)Nc1nnc(-c2cc(Cl)sc2Cl)o1. The second-order valence-electron chi connectivity index (χ2n) is 4.82. The smallest absolute Gasteiger partial charge is 0.322 e. The molecule has 3 aromatic rings. The van der Waals surface area contributed by atoms with Crippen LogP contribution in [0.25, 0.3) is 17.5 Å². The molecule has 1 aromatic carbocycles. The van der Waals surface area contributed by atoms with E-state index in [1.165, 1.54) is 30.4 Å². The molecule has 0 aliphatic rings. The number of hydrogen-bond donors (Lipinski definition) is 1. The van der Waals surface area contributed by atoms with Gasteiger partial charge in [-0.2, -0.15) is 0 Å². The number of anilines is 1. The Balaban J connectivity index is 1.68. The normalized spacial score (nSPS) is 11.0. The van der Waals surface area contributed by atoms with Gasteiger partial charge in [-0.15, -0.1) is 16.4 Å². The highest BCUT2D eigenvalue weighted by atomic mass is 35.5. The van der Waals surface area contributed by atoms with Gasteiger partial charge in [0.1, 0.15) is 4.34 Å². The molecule has 2 heterocycles. The predicted molar refractivity (Wildman–Crippen MR) is 98.4 cm³/mol. The van der Waals surface area contributed by atoms with E-state index in [4.69, 9.17) is 27.6 Å². The molecule has 132 valence electrons. The third-order valence-electron chi connectivity index (χ3n) is 3.05. The molecular formula is C15H8Cl2N4O4S. The minimum atomic E-state index is -0.541. The number of thiophene rings is 1. The Bertz CT molecular complexity index is 1010. The van der Waals surface area contributed by atoms with E-state index in [0.29, 0.717) is 19.8 Å². The summed E-state index contributed by atoms with van der Waals surface area (Å²) in [6.07, 6.45) is 2.62. The van der Waals surface area contributed by atoms with Gasteiger partial charge >= 0.3 is 6.01 Å². The lowest BCUT2D eigenvalue weighted by Crippen LogP contribution is -2.07. The Hall–Kier alpha value is -2.75. The molecule has 0 spiro atoms. The fraction of sp³-hybridized carbons (Fsp3) is 0.